The Labute approximate surface area is 118 Å². The second-order valence-corrected chi connectivity index (χ2v) is 4.58. The Morgan fingerprint density at radius 3 is 2.84 bits per heavy atom. The number of hydrogen-bond donors (Lipinski definition) is 2. The number of benzene rings is 1. The molecule has 0 unspecified atom stereocenters. The van der Waals surface area contributed by atoms with Crippen LogP contribution in [-0.4, -0.2) is 10.9 Å². The zero-order valence-electron chi connectivity index (χ0n) is 9.72. The molecule has 5 nitrogen and oxygen atoms in total. The van der Waals surface area contributed by atoms with E-state index in [0.29, 0.717) is 27.0 Å². The van der Waals surface area contributed by atoms with Crippen LogP contribution in [-0.2, 0) is 0 Å². The summed E-state index contributed by atoms with van der Waals surface area (Å²) in [6, 6.07) is 8.47. The van der Waals surface area contributed by atoms with Crippen molar-refractivity contribution in [2.24, 2.45) is 0 Å². The summed E-state index contributed by atoms with van der Waals surface area (Å²) in [6.07, 6.45) is 2.92. The summed E-state index contributed by atoms with van der Waals surface area (Å²) in [5.41, 5.74) is 7.43. The van der Waals surface area contributed by atoms with Gasteiger partial charge in [0.2, 0.25) is 0 Å². The molecule has 2 rings (SSSR count). The van der Waals surface area contributed by atoms with Crippen LogP contribution in [0.25, 0.3) is 0 Å². The number of nitriles is 1. The third-order valence-electron chi connectivity index (χ3n) is 2.45. The van der Waals surface area contributed by atoms with E-state index in [1.54, 1.807) is 24.3 Å². The average Bonchev–Trinajstić information content (AvgIpc) is 2.41. The van der Waals surface area contributed by atoms with Gasteiger partial charge < -0.3 is 11.1 Å². The van der Waals surface area contributed by atoms with Gasteiger partial charge in [-0.1, -0.05) is 0 Å². The highest BCUT2D eigenvalue weighted by molar-refractivity contribution is 9.10. The maximum Gasteiger partial charge on any atom is 0.259 e. The molecule has 0 aliphatic carbocycles. The first kappa shape index (κ1) is 13.1. The van der Waals surface area contributed by atoms with Crippen molar-refractivity contribution >= 4 is 33.2 Å². The van der Waals surface area contributed by atoms with Crippen molar-refractivity contribution < 1.29 is 4.79 Å². The van der Waals surface area contributed by atoms with Gasteiger partial charge in [-0.25, -0.2) is 0 Å². The highest BCUT2D eigenvalue weighted by atomic mass is 79.9. The molecule has 0 radical (unpaired) electrons. The zero-order valence-corrected chi connectivity index (χ0v) is 11.3. The first-order chi connectivity index (χ1) is 9.11. The average molecular weight is 317 g/mol. The molecule has 0 spiro atoms. The number of carbonyl (C=O) groups is 1. The summed E-state index contributed by atoms with van der Waals surface area (Å²) in [5, 5.41) is 11.5. The molecular formula is C13H9BrN4O. The fourth-order valence-corrected chi connectivity index (χ4v) is 1.95. The van der Waals surface area contributed by atoms with Crippen molar-refractivity contribution in [1.82, 2.24) is 4.98 Å². The van der Waals surface area contributed by atoms with E-state index in [2.05, 4.69) is 26.2 Å². The minimum Gasteiger partial charge on any atom is -0.398 e. The molecule has 0 aliphatic heterocycles. The number of halogens is 1. The summed E-state index contributed by atoms with van der Waals surface area (Å²) in [7, 11) is 0. The van der Waals surface area contributed by atoms with Crippen molar-refractivity contribution in [1.29, 1.82) is 5.26 Å². The summed E-state index contributed by atoms with van der Waals surface area (Å²) >= 11 is 3.29. The molecule has 0 aliphatic rings. The van der Waals surface area contributed by atoms with Gasteiger partial charge in [-0.05, 0) is 40.2 Å². The van der Waals surface area contributed by atoms with Crippen LogP contribution in [0.3, 0.4) is 0 Å². The summed E-state index contributed by atoms with van der Waals surface area (Å²) in [6.45, 7) is 0. The first-order valence-corrected chi connectivity index (χ1v) is 6.11. The molecule has 6 heteroatoms. The van der Waals surface area contributed by atoms with Gasteiger partial charge in [0.25, 0.3) is 5.91 Å². The first-order valence-electron chi connectivity index (χ1n) is 5.32. The Balaban J connectivity index is 2.25. The fourth-order valence-electron chi connectivity index (χ4n) is 1.47. The van der Waals surface area contributed by atoms with Gasteiger partial charge in [-0.3, -0.25) is 9.78 Å². The lowest BCUT2D eigenvalue weighted by Crippen LogP contribution is -2.14. The molecule has 1 heterocycles. The Bertz CT molecular complexity index is 679. The number of nitrogens with one attached hydrogen (secondary N) is 1. The molecule has 94 valence electrons. The van der Waals surface area contributed by atoms with Gasteiger partial charge in [0, 0.05) is 22.6 Å². The van der Waals surface area contributed by atoms with Gasteiger partial charge >= 0.3 is 0 Å². The van der Waals surface area contributed by atoms with Crippen LogP contribution in [0.15, 0.2) is 41.1 Å². The molecule has 1 aromatic heterocycles. The number of nitrogens with two attached hydrogens (primary N) is 1. The minimum absolute atomic E-state index is 0.304. The Kier molecular flexibility index (Phi) is 3.78. The monoisotopic (exact) mass is 316 g/mol. The van der Waals surface area contributed by atoms with Crippen molar-refractivity contribution in [2.45, 2.75) is 0 Å². The van der Waals surface area contributed by atoms with Crippen LogP contribution >= 0.6 is 15.9 Å². The third kappa shape index (κ3) is 2.89. The molecule has 3 N–H and O–H groups in total. The summed E-state index contributed by atoms with van der Waals surface area (Å²) in [5.74, 6) is -0.351. The third-order valence-corrected chi connectivity index (χ3v) is 3.10. The Morgan fingerprint density at radius 2 is 2.21 bits per heavy atom. The van der Waals surface area contributed by atoms with E-state index >= 15 is 0 Å². The molecule has 0 fully saturated rings. The molecule has 1 amide bonds. The molecule has 19 heavy (non-hydrogen) atoms. The van der Waals surface area contributed by atoms with Crippen LogP contribution in [0, 0.1) is 11.3 Å². The molecular weight excluding hydrogens is 308 g/mol. The lowest BCUT2D eigenvalue weighted by atomic mass is 10.2. The smallest absolute Gasteiger partial charge is 0.259 e. The van der Waals surface area contributed by atoms with Crippen molar-refractivity contribution in [3.8, 4) is 6.07 Å². The maximum atomic E-state index is 12.0. The van der Waals surface area contributed by atoms with Crippen LogP contribution in [0.2, 0.25) is 0 Å². The summed E-state index contributed by atoms with van der Waals surface area (Å²) in [4.78, 5) is 15.9. The van der Waals surface area contributed by atoms with Crippen LogP contribution in [0.5, 0.6) is 0 Å². The minimum atomic E-state index is -0.351. The van der Waals surface area contributed by atoms with Crippen molar-refractivity contribution in [2.75, 3.05) is 11.1 Å². The zero-order chi connectivity index (χ0) is 13.8. The maximum absolute atomic E-state index is 12.0. The van der Waals surface area contributed by atoms with Crippen molar-refractivity contribution in [3.05, 3.63) is 52.3 Å². The summed E-state index contributed by atoms with van der Waals surface area (Å²) < 4.78 is 0.627. The predicted octanol–water partition coefficient (Wildman–Crippen LogP) is 2.55. The van der Waals surface area contributed by atoms with Crippen LogP contribution in [0.1, 0.15) is 15.9 Å². The van der Waals surface area contributed by atoms with E-state index in [-0.39, 0.29) is 5.91 Å². The SMILES string of the molecule is N#Cc1ccc(NC(=O)c2cnccc2N)c(Br)c1. The Morgan fingerprint density at radius 1 is 1.42 bits per heavy atom. The van der Waals surface area contributed by atoms with Crippen LogP contribution < -0.4 is 11.1 Å². The van der Waals surface area contributed by atoms with E-state index in [1.165, 1.54) is 12.4 Å². The predicted molar refractivity (Wildman–Crippen MR) is 75.5 cm³/mol. The number of anilines is 2. The fraction of sp³-hybridized carbons (Fsp3) is 0. The molecule has 1 aromatic carbocycles. The molecule has 0 saturated carbocycles. The van der Waals surface area contributed by atoms with Gasteiger partial charge in [-0.2, -0.15) is 5.26 Å². The molecule has 2 aromatic rings. The number of hydrogen-bond acceptors (Lipinski definition) is 4. The largest absolute Gasteiger partial charge is 0.398 e. The topological polar surface area (TPSA) is 91.8 Å². The molecule has 0 saturated heterocycles. The van der Waals surface area contributed by atoms with Gasteiger partial charge in [0.05, 0.1) is 22.9 Å². The molecule has 0 atom stereocenters. The normalized spacial score (nSPS) is 9.68. The Hall–Kier alpha value is -2.39. The highest BCUT2D eigenvalue weighted by Gasteiger charge is 2.11. The number of nitrogen functional groups attached to an aromatic ring is 1. The van der Waals surface area contributed by atoms with Gasteiger partial charge in [0.1, 0.15) is 0 Å². The van der Waals surface area contributed by atoms with E-state index in [1.807, 2.05) is 6.07 Å². The van der Waals surface area contributed by atoms with E-state index in [4.69, 9.17) is 11.0 Å². The number of amides is 1. The van der Waals surface area contributed by atoms with E-state index < -0.39 is 0 Å². The lowest BCUT2D eigenvalue weighted by Gasteiger charge is -2.08. The van der Waals surface area contributed by atoms with Gasteiger partial charge in [-0.15, -0.1) is 0 Å². The van der Waals surface area contributed by atoms with E-state index in [0.717, 1.165) is 0 Å². The number of rotatable bonds is 2. The molecule has 0 bridgehead atoms. The number of aromatic nitrogens is 1. The van der Waals surface area contributed by atoms with Crippen LogP contribution in [0.4, 0.5) is 11.4 Å². The lowest BCUT2D eigenvalue weighted by molar-refractivity contribution is 0.102. The standard InChI is InChI=1S/C13H9BrN4O/c14-10-5-8(6-15)1-2-12(10)18-13(19)9-7-17-4-3-11(9)16/h1-5,7H,(H2,16,17)(H,18,19). The second-order valence-electron chi connectivity index (χ2n) is 3.72. The number of nitrogens with zero attached hydrogens (tertiary/aromatic N) is 2. The highest BCUT2D eigenvalue weighted by Crippen LogP contribution is 2.24. The number of pyridine rings is 1. The quantitative estimate of drug-likeness (QED) is 0.890. The van der Waals surface area contributed by atoms with Crippen molar-refractivity contribution in [3.63, 3.8) is 0 Å². The number of carbonyl (C=O) groups excluding carboxylic acids is 1. The van der Waals surface area contributed by atoms with Gasteiger partial charge in [0.15, 0.2) is 0 Å². The van der Waals surface area contributed by atoms with E-state index in [9.17, 15) is 4.79 Å². The second kappa shape index (κ2) is 5.50.